The number of carbonyl (C=O) groups is 2. The molecule has 0 spiro atoms. The van der Waals surface area contributed by atoms with E-state index in [1.54, 1.807) is 42.5 Å². The molecule has 7 heteroatoms. The maximum atomic E-state index is 12.4. The Morgan fingerprint density at radius 3 is 2.67 bits per heavy atom. The molecule has 0 aliphatic carbocycles. The predicted molar refractivity (Wildman–Crippen MR) is 98.4 cm³/mol. The average Bonchev–Trinajstić information content (AvgIpc) is 3.09. The number of fused-ring (bicyclic) bond motifs is 1. The molecule has 140 valence electrons. The van der Waals surface area contributed by atoms with Gasteiger partial charge in [-0.25, -0.2) is 4.98 Å². The summed E-state index contributed by atoms with van der Waals surface area (Å²) in [5.41, 5.74) is 2.81. The van der Waals surface area contributed by atoms with Crippen LogP contribution in [0.5, 0.6) is 5.75 Å². The van der Waals surface area contributed by atoms with Crippen molar-refractivity contribution in [3.63, 3.8) is 0 Å². The number of aryl methyl sites for hydroxylation is 1. The summed E-state index contributed by atoms with van der Waals surface area (Å²) in [7, 11) is 1.31. The van der Waals surface area contributed by atoms with Crippen molar-refractivity contribution in [2.45, 2.75) is 13.3 Å². The van der Waals surface area contributed by atoms with E-state index < -0.39 is 17.8 Å². The molecule has 3 aromatic rings. The van der Waals surface area contributed by atoms with Gasteiger partial charge in [0.15, 0.2) is 11.3 Å². The molecular formula is C20H20N2O5. The zero-order valence-corrected chi connectivity index (χ0v) is 15.1. The largest absolute Gasteiger partial charge is 0.508 e. The highest BCUT2D eigenvalue weighted by Gasteiger charge is 2.22. The highest BCUT2D eigenvalue weighted by molar-refractivity contribution is 5.95. The third-order valence-electron chi connectivity index (χ3n) is 4.20. The van der Waals surface area contributed by atoms with Crippen LogP contribution in [0.3, 0.4) is 0 Å². The first-order valence-corrected chi connectivity index (χ1v) is 8.47. The summed E-state index contributed by atoms with van der Waals surface area (Å²) in [5, 5.41) is 12.1. The van der Waals surface area contributed by atoms with Crippen molar-refractivity contribution in [2.24, 2.45) is 5.92 Å². The normalized spacial score (nSPS) is 11.9. The van der Waals surface area contributed by atoms with Crippen molar-refractivity contribution in [1.29, 1.82) is 0 Å². The van der Waals surface area contributed by atoms with Gasteiger partial charge in [-0.3, -0.25) is 9.59 Å². The fourth-order valence-electron chi connectivity index (χ4n) is 2.76. The molecule has 1 unspecified atom stereocenters. The Balaban J connectivity index is 1.68. The Kier molecular flexibility index (Phi) is 5.40. The Hall–Kier alpha value is -3.35. The van der Waals surface area contributed by atoms with Gasteiger partial charge in [-0.15, -0.1) is 0 Å². The quantitative estimate of drug-likeness (QED) is 0.649. The van der Waals surface area contributed by atoms with E-state index in [0.717, 1.165) is 11.3 Å². The number of furan rings is 1. The molecule has 0 saturated carbocycles. The molecule has 0 fully saturated rings. The van der Waals surface area contributed by atoms with E-state index in [0.29, 0.717) is 17.5 Å². The number of hydrogen-bond donors (Lipinski definition) is 2. The molecular weight excluding hydrogens is 348 g/mol. The standard InChI is InChI=1S/C20H20N2O5/c1-12-3-8-17-16(22-12)10-18(27-17)19(24)21-11-14(20(25)26-2)9-13-4-6-15(23)7-5-13/h3-8,10,14,23H,9,11H2,1-2H3,(H,21,24). The SMILES string of the molecule is COC(=O)C(CNC(=O)c1cc2nc(C)ccc2o1)Cc1ccc(O)cc1. The van der Waals surface area contributed by atoms with Gasteiger partial charge < -0.3 is 19.6 Å². The second kappa shape index (κ2) is 7.90. The van der Waals surface area contributed by atoms with E-state index in [2.05, 4.69) is 10.3 Å². The van der Waals surface area contributed by atoms with Crippen LogP contribution < -0.4 is 5.32 Å². The minimum absolute atomic E-state index is 0.0931. The van der Waals surface area contributed by atoms with Crippen molar-refractivity contribution in [3.05, 3.63) is 59.5 Å². The first kappa shape index (κ1) is 18.4. The molecule has 3 rings (SSSR count). The van der Waals surface area contributed by atoms with Gasteiger partial charge in [0, 0.05) is 18.3 Å². The Labute approximate surface area is 156 Å². The number of phenols is 1. The first-order chi connectivity index (χ1) is 13.0. The molecule has 1 atom stereocenters. The van der Waals surface area contributed by atoms with Crippen molar-refractivity contribution >= 4 is 23.0 Å². The van der Waals surface area contributed by atoms with E-state index in [-0.39, 0.29) is 18.1 Å². The number of benzene rings is 1. The predicted octanol–water partition coefficient (Wildman–Crippen LogP) is 2.60. The Morgan fingerprint density at radius 2 is 1.96 bits per heavy atom. The number of rotatable bonds is 6. The number of aromatic nitrogens is 1. The molecule has 1 aromatic carbocycles. The molecule has 1 amide bonds. The lowest BCUT2D eigenvalue weighted by atomic mass is 9.99. The lowest BCUT2D eigenvalue weighted by Gasteiger charge is -2.15. The molecule has 2 heterocycles. The number of nitrogens with one attached hydrogen (secondary N) is 1. The van der Waals surface area contributed by atoms with E-state index >= 15 is 0 Å². The van der Waals surface area contributed by atoms with Gasteiger partial charge >= 0.3 is 5.97 Å². The van der Waals surface area contributed by atoms with Crippen molar-refractivity contribution < 1.29 is 23.8 Å². The molecule has 2 aromatic heterocycles. The number of aromatic hydroxyl groups is 1. The van der Waals surface area contributed by atoms with Crippen molar-refractivity contribution in [2.75, 3.05) is 13.7 Å². The number of pyridine rings is 1. The van der Waals surface area contributed by atoms with E-state index in [1.165, 1.54) is 7.11 Å². The molecule has 0 aliphatic rings. The number of ether oxygens (including phenoxy) is 1. The highest BCUT2D eigenvalue weighted by Crippen LogP contribution is 2.18. The smallest absolute Gasteiger partial charge is 0.310 e. The molecule has 7 nitrogen and oxygen atoms in total. The summed E-state index contributed by atoms with van der Waals surface area (Å²) in [6.45, 7) is 1.95. The summed E-state index contributed by atoms with van der Waals surface area (Å²) in [4.78, 5) is 28.8. The second-order valence-electron chi connectivity index (χ2n) is 6.25. The monoisotopic (exact) mass is 368 g/mol. The van der Waals surface area contributed by atoms with Crippen LogP contribution in [0.25, 0.3) is 11.1 Å². The van der Waals surface area contributed by atoms with Gasteiger partial charge in [0.25, 0.3) is 5.91 Å². The van der Waals surface area contributed by atoms with Crippen molar-refractivity contribution in [1.82, 2.24) is 10.3 Å². The molecule has 0 saturated heterocycles. The van der Waals surface area contributed by atoms with Crippen LogP contribution in [0.1, 0.15) is 21.8 Å². The van der Waals surface area contributed by atoms with Crippen LogP contribution >= 0.6 is 0 Å². The maximum Gasteiger partial charge on any atom is 0.310 e. The summed E-state index contributed by atoms with van der Waals surface area (Å²) < 4.78 is 10.4. The zero-order valence-electron chi connectivity index (χ0n) is 15.1. The van der Waals surface area contributed by atoms with E-state index in [9.17, 15) is 14.7 Å². The number of methoxy groups -OCH3 is 1. The maximum absolute atomic E-state index is 12.4. The number of phenolic OH excluding ortho intramolecular Hbond substituents is 1. The summed E-state index contributed by atoms with van der Waals surface area (Å²) in [5.74, 6) is -1.13. The van der Waals surface area contributed by atoms with Crippen molar-refractivity contribution in [3.8, 4) is 5.75 Å². The second-order valence-corrected chi connectivity index (χ2v) is 6.25. The number of esters is 1. The fraction of sp³-hybridized carbons (Fsp3) is 0.250. The van der Waals surface area contributed by atoms with Crippen LogP contribution in [0.15, 0.2) is 46.9 Å². The van der Waals surface area contributed by atoms with Gasteiger partial charge in [-0.05, 0) is 43.2 Å². The fourth-order valence-corrected chi connectivity index (χ4v) is 2.76. The number of carbonyl (C=O) groups excluding carboxylic acids is 2. The van der Waals surface area contributed by atoms with Crippen LogP contribution in [0.2, 0.25) is 0 Å². The van der Waals surface area contributed by atoms with Crippen LogP contribution in [-0.4, -0.2) is 35.6 Å². The topological polar surface area (TPSA) is 102 Å². The van der Waals surface area contributed by atoms with Gasteiger partial charge in [-0.2, -0.15) is 0 Å². The Bertz CT molecular complexity index is 962. The zero-order chi connectivity index (χ0) is 19.4. The molecule has 2 N–H and O–H groups in total. The highest BCUT2D eigenvalue weighted by atomic mass is 16.5. The number of hydrogen-bond acceptors (Lipinski definition) is 6. The first-order valence-electron chi connectivity index (χ1n) is 8.47. The lowest BCUT2D eigenvalue weighted by Crippen LogP contribution is -2.34. The van der Waals surface area contributed by atoms with Crippen LogP contribution in [0.4, 0.5) is 0 Å². The lowest BCUT2D eigenvalue weighted by molar-refractivity contribution is -0.145. The molecule has 0 aliphatic heterocycles. The van der Waals surface area contributed by atoms with Gasteiger partial charge in [0.05, 0.1) is 13.0 Å². The Morgan fingerprint density at radius 1 is 1.22 bits per heavy atom. The van der Waals surface area contributed by atoms with Crippen LogP contribution in [0, 0.1) is 12.8 Å². The van der Waals surface area contributed by atoms with E-state index in [1.807, 2.05) is 6.92 Å². The van der Waals surface area contributed by atoms with Crippen LogP contribution in [-0.2, 0) is 16.0 Å². The molecule has 0 bridgehead atoms. The van der Waals surface area contributed by atoms with Gasteiger partial charge in [-0.1, -0.05) is 12.1 Å². The summed E-state index contributed by atoms with van der Waals surface area (Å²) >= 11 is 0. The third kappa shape index (κ3) is 4.44. The average molecular weight is 368 g/mol. The number of amides is 1. The summed E-state index contributed by atoms with van der Waals surface area (Å²) in [6, 6.07) is 11.7. The molecule has 0 radical (unpaired) electrons. The minimum Gasteiger partial charge on any atom is -0.508 e. The molecule has 27 heavy (non-hydrogen) atoms. The van der Waals surface area contributed by atoms with Gasteiger partial charge in [0.1, 0.15) is 11.3 Å². The summed E-state index contributed by atoms with van der Waals surface area (Å²) in [6.07, 6.45) is 0.369. The van der Waals surface area contributed by atoms with E-state index in [4.69, 9.17) is 9.15 Å². The van der Waals surface area contributed by atoms with Gasteiger partial charge in [0.2, 0.25) is 0 Å². The minimum atomic E-state index is -0.562. The third-order valence-corrected chi connectivity index (χ3v) is 4.20. The number of nitrogens with zero attached hydrogens (tertiary/aromatic N) is 1.